The number of rotatable bonds is 5. The smallest absolute Gasteiger partial charge is 0.322 e. The first-order chi connectivity index (χ1) is 9.21. The third kappa shape index (κ3) is 3.78. The lowest BCUT2D eigenvalue weighted by Crippen LogP contribution is -2.07. The van der Waals surface area contributed by atoms with Gasteiger partial charge >= 0.3 is 6.01 Å². The molecule has 0 spiro atoms. The summed E-state index contributed by atoms with van der Waals surface area (Å²) in [6.45, 7) is 2.70. The van der Waals surface area contributed by atoms with Crippen molar-refractivity contribution in [3.8, 4) is 6.01 Å². The van der Waals surface area contributed by atoms with E-state index >= 15 is 0 Å². The van der Waals surface area contributed by atoms with Crippen LogP contribution >= 0.6 is 15.9 Å². The fraction of sp³-hybridized carbons (Fsp3) is 0.250. The van der Waals surface area contributed by atoms with E-state index in [0.29, 0.717) is 11.9 Å². The molecule has 6 nitrogen and oxygen atoms in total. The van der Waals surface area contributed by atoms with Crippen LogP contribution in [0.25, 0.3) is 0 Å². The topological polar surface area (TPSA) is 72.0 Å². The van der Waals surface area contributed by atoms with Crippen LogP contribution in [0.5, 0.6) is 6.01 Å². The highest BCUT2D eigenvalue weighted by molar-refractivity contribution is 9.10. The van der Waals surface area contributed by atoms with Crippen molar-refractivity contribution in [1.82, 2.24) is 15.0 Å². The highest BCUT2D eigenvalue weighted by Gasteiger charge is 2.06. The molecule has 0 aliphatic heterocycles. The van der Waals surface area contributed by atoms with Gasteiger partial charge in [-0.05, 0) is 31.2 Å². The summed E-state index contributed by atoms with van der Waals surface area (Å²) in [5, 5.41) is 6.13. The number of hydrogen-bond acceptors (Lipinski definition) is 6. The van der Waals surface area contributed by atoms with Crippen LogP contribution in [0.3, 0.4) is 0 Å². The zero-order chi connectivity index (χ0) is 13.7. The van der Waals surface area contributed by atoms with E-state index in [9.17, 15) is 0 Å². The van der Waals surface area contributed by atoms with E-state index in [-0.39, 0.29) is 6.01 Å². The molecule has 0 unspecified atom stereocenters. The van der Waals surface area contributed by atoms with Crippen LogP contribution in [0.2, 0.25) is 0 Å². The Balaban J connectivity index is 2.23. The van der Waals surface area contributed by atoms with Crippen molar-refractivity contribution in [3.05, 3.63) is 28.7 Å². The molecule has 0 bridgehead atoms. The maximum Gasteiger partial charge on any atom is 0.322 e. The van der Waals surface area contributed by atoms with E-state index in [4.69, 9.17) is 4.74 Å². The number of ether oxygens (including phenoxy) is 1. The maximum atomic E-state index is 5.05. The monoisotopic (exact) mass is 323 g/mol. The molecular weight excluding hydrogens is 310 g/mol. The van der Waals surface area contributed by atoms with E-state index in [1.807, 2.05) is 31.2 Å². The quantitative estimate of drug-likeness (QED) is 0.881. The van der Waals surface area contributed by atoms with Gasteiger partial charge in [0.2, 0.25) is 11.9 Å². The zero-order valence-electron chi connectivity index (χ0n) is 10.6. The van der Waals surface area contributed by atoms with Crippen molar-refractivity contribution < 1.29 is 4.74 Å². The molecule has 1 aromatic carbocycles. The molecule has 1 aromatic heterocycles. The molecule has 7 heteroatoms. The molecule has 0 aliphatic carbocycles. The normalized spacial score (nSPS) is 10.1. The zero-order valence-corrected chi connectivity index (χ0v) is 12.2. The third-order valence-electron chi connectivity index (χ3n) is 2.23. The van der Waals surface area contributed by atoms with Crippen LogP contribution in [0.4, 0.5) is 17.6 Å². The Morgan fingerprint density at radius 1 is 1.11 bits per heavy atom. The molecule has 100 valence electrons. The van der Waals surface area contributed by atoms with Crippen LogP contribution in [-0.2, 0) is 0 Å². The predicted molar refractivity (Wildman–Crippen MR) is 78.0 cm³/mol. The molecule has 0 fully saturated rings. The van der Waals surface area contributed by atoms with Crippen LogP contribution in [0.15, 0.2) is 28.7 Å². The Bertz CT molecular complexity index is 546. The molecule has 0 atom stereocenters. The first kappa shape index (κ1) is 13.5. The van der Waals surface area contributed by atoms with Crippen molar-refractivity contribution in [3.63, 3.8) is 0 Å². The van der Waals surface area contributed by atoms with Crippen LogP contribution in [0, 0.1) is 0 Å². The van der Waals surface area contributed by atoms with Gasteiger partial charge < -0.3 is 15.4 Å². The summed E-state index contributed by atoms with van der Waals surface area (Å²) in [4.78, 5) is 12.5. The number of nitrogens with one attached hydrogen (secondary N) is 2. The van der Waals surface area contributed by atoms with Crippen molar-refractivity contribution in [2.75, 3.05) is 24.3 Å². The van der Waals surface area contributed by atoms with Gasteiger partial charge in [-0.3, -0.25) is 0 Å². The lowest BCUT2D eigenvalue weighted by Gasteiger charge is -2.08. The van der Waals surface area contributed by atoms with Gasteiger partial charge in [0, 0.05) is 16.7 Å². The largest absolute Gasteiger partial charge is 0.467 e. The maximum absolute atomic E-state index is 5.05. The van der Waals surface area contributed by atoms with E-state index in [1.165, 1.54) is 7.11 Å². The van der Waals surface area contributed by atoms with Crippen LogP contribution < -0.4 is 15.4 Å². The predicted octanol–water partition coefficient (Wildman–Crippen LogP) is 2.82. The molecule has 0 radical (unpaired) electrons. The first-order valence-corrected chi connectivity index (χ1v) is 6.57. The van der Waals surface area contributed by atoms with Crippen molar-refractivity contribution in [2.24, 2.45) is 0 Å². The minimum Gasteiger partial charge on any atom is -0.467 e. The summed E-state index contributed by atoms with van der Waals surface area (Å²) in [5.41, 5.74) is 0.888. The summed E-state index contributed by atoms with van der Waals surface area (Å²) in [6.07, 6.45) is 0. The molecule has 0 saturated heterocycles. The van der Waals surface area contributed by atoms with Gasteiger partial charge in [0.05, 0.1) is 7.11 Å². The van der Waals surface area contributed by atoms with Crippen LogP contribution in [0.1, 0.15) is 6.92 Å². The number of benzene rings is 1. The number of methoxy groups -OCH3 is 1. The van der Waals surface area contributed by atoms with Crippen molar-refractivity contribution >= 4 is 33.5 Å². The molecule has 1 heterocycles. The Labute approximate surface area is 119 Å². The molecule has 2 aromatic rings. The minimum atomic E-state index is 0.269. The van der Waals surface area contributed by atoms with E-state index in [2.05, 4.69) is 41.5 Å². The summed E-state index contributed by atoms with van der Waals surface area (Å²) in [7, 11) is 1.52. The molecule has 0 aliphatic rings. The van der Waals surface area contributed by atoms with Gasteiger partial charge in [0.15, 0.2) is 0 Å². The second-order valence-corrected chi connectivity index (χ2v) is 4.55. The van der Waals surface area contributed by atoms with E-state index < -0.39 is 0 Å². The SMILES string of the molecule is CCNc1nc(Nc2ccc(Br)cc2)nc(OC)n1. The van der Waals surface area contributed by atoms with E-state index in [1.54, 1.807) is 0 Å². The number of halogens is 1. The average molecular weight is 324 g/mol. The number of nitrogens with zero attached hydrogens (tertiary/aromatic N) is 3. The highest BCUT2D eigenvalue weighted by atomic mass is 79.9. The van der Waals surface area contributed by atoms with Crippen molar-refractivity contribution in [2.45, 2.75) is 6.92 Å². The molecule has 0 amide bonds. The standard InChI is InChI=1S/C12H14BrN5O/c1-3-14-10-16-11(18-12(17-10)19-2)15-9-6-4-8(13)5-7-9/h4-7H,3H2,1-2H3,(H2,14,15,16,17,18). The molecule has 2 N–H and O–H groups in total. The second-order valence-electron chi connectivity index (χ2n) is 3.63. The van der Waals surface area contributed by atoms with E-state index in [0.717, 1.165) is 16.7 Å². The Morgan fingerprint density at radius 3 is 2.42 bits per heavy atom. The Morgan fingerprint density at radius 2 is 1.79 bits per heavy atom. The number of hydrogen-bond donors (Lipinski definition) is 2. The second kappa shape index (κ2) is 6.33. The van der Waals surface area contributed by atoms with Gasteiger partial charge in [-0.25, -0.2) is 0 Å². The third-order valence-corrected chi connectivity index (χ3v) is 2.76. The minimum absolute atomic E-state index is 0.269. The van der Waals surface area contributed by atoms with Crippen molar-refractivity contribution in [1.29, 1.82) is 0 Å². The van der Waals surface area contributed by atoms with Gasteiger partial charge in [-0.15, -0.1) is 0 Å². The Kier molecular flexibility index (Phi) is 4.51. The lowest BCUT2D eigenvalue weighted by atomic mass is 10.3. The molecule has 0 saturated carbocycles. The Hall–Kier alpha value is -1.89. The fourth-order valence-electron chi connectivity index (χ4n) is 1.40. The summed E-state index contributed by atoms with van der Waals surface area (Å²) in [6, 6.07) is 7.99. The molecule has 19 heavy (non-hydrogen) atoms. The van der Waals surface area contributed by atoms with Gasteiger partial charge in [0.1, 0.15) is 0 Å². The van der Waals surface area contributed by atoms with Gasteiger partial charge in [0.25, 0.3) is 0 Å². The first-order valence-electron chi connectivity index (χ1n) is 5.78. The summed E-state index contributed by atoms with van der Waals surface area (Å²) < 4.78 is 6.06. The summed E-state index contributed by atoms with van der Waals surface area (Å²) >= 11 is 3.39. The van der Waals surface area contributed by atoms with Gasteiger partial charge in [-0.2, -0.15) is 15.0 Å². The lowest BCUT2D eigenvalue weighted by molar-refractivity contribution is 0.379. The molecule has 2 rings (SSSR count). The van der Waals surface area contributed by atoms with Gasteiger partial charge in [-0.1, -0.05) is 15.9 Å². The van der Waals surface area contributed by atoms with Crippen LogP contribution in [-0.4, -0.2) is 28.6 Å². The highest BCUT2D eigenvalue weighted by Crippen LogP contribution is 2.18. The number of anilines is 3. The summed E-state index contributed by atoms with van der Waals surface area (Å²) in [5.74, 6) is 0.916. The number of aromatic nitrogens is 3. The average Bonchev–Trinajstić information content (AvgIpc) is 2.41. The fourth-order valence-corrected chi connectivity index (χ4v) is 1.67. The molecular formula is C12H14BrN5O.